The van der Waals surface area contributed by atoms with Crippen molar-refractivity contribution in [3.63, 3.8) is 0 Å². The number of morpholine rings is 1. The maximum atomic E-state index is 12.8. The van der Waals surface area contributed by atoms with Gasteiger partial charge in [-0.1, -0.05) is 6.07 Å². The highest BCUT2D eigenvalue weighted by Gasteiger charge is 2.37. The molecule has 6 heteroatoms. The lowest BCUT2D eigenvalue weighted by molar-refractivity contribution is -0.109. The van der Waals surface area contributed by atoms with E-state index in [2.05, 4.69) is 0 Å². The van der Waals surface area contributed by atoms with Crippen LogP contribution in [0.1, 0.15) is 31.9 Å². The summed E-state index contributed by atoms with van der Waals surface area (Å²) >= 11 is 5.88. The Morgan fingerprint density at radius 2 is 2.10 bits per heavy atom. The number of aryl methyl sites for hydroxylation is 1. The molecule has 0 bridgehead atoms. The summed E-state index contributed by atoms with van der Waals surface area (Å²) in [4.78, 5) is 0.300. The highest BCUT2D eigenvalue weighted by molar-refractivity contribution is 7.89. The third-order valence-corrected chi connectivity index (χ3v) is 5.74. The van der Waals surface area contributed by atoms with E-state index in [0.29, 0.717) is 23.9 Å². The highest BCUT2D eigenvalue weighted by atomic mass is 35.5. The Morgan fingerprint density at radius 3 is 2.67 bits per heavy atom. The molecular formula is C15H22ClNO3S. The van der Waals surface area contributed by atoms with Gasteiger partial charge in [0.05, 0.1) is 16.6 Å². The molecule has 1 fully saturated rings. The van der Waals surface area contributed by atoms with Crippen molar-refractivity contribution in [3.8, 4) is 0 Å². The number of benzene rings is 1. The summed E-state index contributed by atoms with van der Waals surface area (Å²) in [7, 11) is -3.52. The van der Waals surface area contributed by atoms with Crippen molar-refractivity contribution >= 4 is 21.6 Å². The molecule has 2 rings (SSSR count). The van der Waals surface area contributed by atoms with Crippen LogP contribution >= 0.6 is 11.6 Å². The van der Waals surface area contributed by atoms with Crippen molar-refractivity contribution in [2.24, 2.45) is 0 Å². The zero-order chi connectivity index (χ0) is 15.8. The number of hydrogen-bond donors (Lipinski definition) is 0. The highest BCUT2D eigenvalue weighted by Crippen LogP contribution is 2.27. The van der Waals surface area contributed by atoms with Crippen molar-refractivity contribution in [1.82, 2.24) is 4.31 Å². The fraction of sp³-hybridized carbons (Fsp3) is 0.600. The van der Waals surface area contributed by atoms with Gasteiger partial charge >= 0.3 is 0 Å². The van der Waals surface area contributed by atoms with Crippen molar-refractivity contribution in [1.29, 1.82) is 0 Å². The zero-order valence-electron chi connectivity index (χ0n) is 12.9. The van der Waals surface area contributed by atoms with Crippen molar-refractivity contribution in [2.45, 2.75) is 50.2 Å². The number of halogens is 1. The van der Waals surface area contributed by atoms with Crippen LogP contribution in [0.2, 0.25) is 0 Å². The second-order valence-electron chi connectivity index (χ2n) is 6.21. The Balaban J connectivity index is 2.37. The molecular weight excluding hydrogens is 310 g/mol. The van der Waals surface area contributed by atoms with E-state index < -0.39 is 15.6 Å². The van der Waals surface area contributed by atoms with Gasteiger partial charge in [0, 0.05) is 19.0 Å². The van der Waals surface area contributed by atoms with Gasteiger partial charge in [-0.3, -0.25) is 0 Å². The fourth-order valence-corrected chi connectivity index (χ4v) is 4.68. The summed E-state index contributed by atoms with van der Waals surface area (Å²) in [5, 5.41) is 0. The Bertz CT molecular complexity index is 628. The number of nitrogens with zero attached hydrogens (tertiary/aromatic N) is 1. The molecule has 1 aromatic carbocycles. The molecule has 21 heavy (non-hydrogen) atoms. The molecule has 1 atom stereocenters. The van der Waals surface area contributed by atoms with E-state index in [1.165, 1.54) is 4.31 Å². The van der Waals surface area contributed by atoms with E-state index in [-0.39, 0.29) is 6.10 Å². The minimum Gasteiger partial charge on any atom is -0.370 e. The third-order valence-electron chi connectivity index (χ3n) is 3.64. The second kappa shape index (κ2) is 5.88. The number of alkyl halides is 1. The topological polar surface area (TPSA) is 46.6 Å². The summed E-state index contributed by atoms with van der Waals surface area (Å²) in [6, 6.07) is 5.12. The molecule has 0 spiro atoms. The maximum Gasteiger partial charge on any atom is 0.243 e. The largest absolute Gasteiger partial charge is 0.370 e. The number of hydrogen-bond acceptors (Lipinski definition) is 3. The molecule has 1 heterocycles. The van der Waals surface area contributed by atoms with E-state index in [4.69, 9.17) is 16.3 Å². The van der Waals surface area contributed by atoms with Crippen LogP contribution < -0.4 is 0 Å². The summed E-state index contributed by atoms with van der Waals surface area (Å²) in [5.74, 6) is 0.306. The number of ether oxygens (including phenoxy) is 1. The van der Waals surface area contributed by atoms with Gasteiger partial charge in [0.15, 0.2) is 0 Å². The first kappa shape index (κ1) is 16.7. The molecule has 1 aliphatic heterocycles. The van der Waals surface area contributed by atoms with Crippen LogP contribution in [0.25, 0.3) is 0 Å². The normalized spacial score (nSPS) is 23.2. The smallest absolute Gasteiger partial charge is 0.243 e. The lowest BCUT2D eigenvalue weighted by atomic mass is 10.1. The Kier molecular flexibility index (Phi) is 4.69. The van der Waals surface area contributed by atoms with Gasteiger partial charge in [0.2, 0.25) is 10.0 Å². The standard InChI is InChI=1S/C15H22ClNO3S/c1-11-5-6-14(7-13(11)8-16)21(18,19)17-9-12(2)20-15(3,4)10-17/h5-7,12H,8-10H2,1-4H3. The maximum absolute atomic E-state index is 12.8. The molecule has 0 radical (unpaired) electrons. The van der Waals surface area contributed by atoms with Crippen LogP contribution in [0.15, 0.2) is 23.1 Å². The zero-order valence-corrected chi connectivity index (χ0v) is 14.5. The van der Waals surface area contributed by atoms with Crippen LogP contribution in [0.3, 0.4) is 0 Å². The van der Waals surface area contributed by atoms with Crippen LogP contribution in [0, 0.1) is 6.92 Å². The van der Waals surface area contributed by atoms with Gasteiger partial charge in [0.1, 0.15) is 0 Å². The van der Waals surface area contributed by atoms with Gasteiger partial charge in [0.25, 0.3) is 0 Å². The van der Waals surface area contributed by atoms with E-state index in [0.717, 1.165) is 11.1 Å². The average Bonchev–Trinajstić information content (AvgIpc) is 2.36. The first-order valence-corrected chi connectivity index (χ1v) is 8.96. The first-order valence-electron chi connectivity index (χ1n) is 6.99. The van der Waals surface area contributed by atoms with E-state index in [1.807, 2.05) is 27.7 Å². The minimum absolute atomic E-state index is 0.124. The molecule has 118 valence electrons. The second-order valence-corrected chi connectivity index (χ2v) is 8.41. The number of rotatable bonds is 3. The molecule has 4 nitrogen and oxygen atoms in total. The summed E-state index contributed by atoms with van der Waals surface area (Å²) < 4.78 is 32.9. The van der Waals surface area contributed by atoms with Gasteiger partial charge in [-0.25, -0.2) is 8.42 Å². The average molecular weight is 332 g/mol. The predicted octanol–water partition coefficient (Wildman–Crippen LogP) is 2.92. The van der Waals surface area contributed by atoms with E-state index >= 15 is 0 Å². The predicted molar refractivity (Wildman–Crippen MR) is 84.1 cm³/mol. The lowest BCUT2D eigenvalue weighted by Gasteiger charge is -2.40. The molecule has 1 unspecified atom stereocenters. The third kappa shape index (κ3) is 3.59. The fourth-order valence-electron chi connectivity index (χ4n) is 2.68. The summed E-state index contributed by atoms with van der Waals surface area (Å²) in [5.41, 5.74) is 1.36. The molecule has 1 aliphatic rings. The van der Waals surface area contributed by atoms with E-state index in [1.54, 1.807) is 18.2 Å². The van der Waals surface area contributed by atoms with Gasteiger partial charge < -0.3 is 4.74 Å². The van der Waals surface area contributed by atoms with E-state index in [9.17, 15) is 8.42 Å². The van der Waals surface area contributed by atoms with Gasteiger partial charge in [-0.15, -0.1) is 11.6 Å². The van der Waals surface area contributed by atoms with Gasteiger partial charge in [-0.2, -0.15) is 4.31 Å². The molecule has 0 saturated carbocycles. The summed E-state index contributed by atoms with van der Waals surface area (Å²) in [6.07, 6.45) is -0.124. The van der Waals surface area contributed by atoms with Crippen molar-refractivity contribution in [2.75, 3.05) is 13.1 Å². The van der Waals surface area contributed by atoms with Crippen molar-refractivity contribution in [3.05, 3.63) is 29.3 Å². The lowest BCUT2D eigenvalue weighted by Crippen LogP contribution is -2.53. The molecule has 0 aliphatic carbocycles. The molecule has 0 amide bonds. The SMILES string of the molecule is Cc1ccc(S(=O)(=O)N2CC(C)OC(C)(C)C2)cc1CCl. The monoisotopic (exact) mass is 331 g/mol. The van der Waals surface area contributed by atoms with Crippen LogP contribution in [0.5, 0.6) is 0 Å². The molecule has 0 aromatic heterocycles. The first-order chi connectivity index (χ1) is 9.65. The van der Waals surface area contributed by atoms with Crippen LogP contribution in [-0.2, 0) is 20.6 Å². The number of sulfonamides is 1. The Labute approximate surface area is 132 Å². The quantitative estimate of drug-likeness (QED) is 0.800. The van der Waals surface area contributed by atoms with Gasteiger partial charge in [-0.05, 0) is 51.0 Å². The Morgan fingerprint density at radius 1 is 1.43 bits per heavy atom. The van der Waals surface area contributed by atoms with Crippen LogP contribution in [-0.4, -0.2) is 37.5 Å². The van der Waals surface area contributed by atoms with Crippen molar-refractivity contribution < 1.29 is 13.2 Å². The summed E-state index contributed by atoms with van der Waals surface area (Å²) in [6.45, 7) is 8.35. The molecule has 0 N–H and O–H groups in total. The minimum atomic E-state index is -3.52. The molecule has 1 saturated heterocycles. The molecule has 1 aromatic rings. The van der Waals surface area contributed by atoms with Crippen LogP contribution in [0.4, 0.5) is 0 Å². The Hall–Kier alpha value is -0.620.